The molecular formula is C8H15N3OS. The van der Waals surface area contributed by atoms with Gasteiger partial charge in [-0.25, -0.2) is 0 Å². The topological polar surface area (TPSA) is 46.0 Å². The van der Waals surface area contributed by atoms with Gasteiger partial charge >= 0.3 is 0 Å². The lowest BCUT2D eigenvalue weighted by molar-refractivity contribution is 0.158. The molecule has 0 amide bonds. The Morgan fingerprint density at radius 2 is 2.62 bits per heavy atom. The maximum atomic E-state index is 4.92. The molecule has 1 rings (SSSR count). The van der Waals surface area contributed by atoms with Crippen LogP contribution in [0.4, 0.5) is 0 Å². The van der Waals surface area contributed by atoms with Crippen LogP contribution in [-0.4, -0.2) is 36.3 Å². The highest BCUT2D eigenvalue weighted by molar-refractivity contribution is 8.14. The number of hydrogen-bond acceptors (Lipinski definition) is 5. The van der Waals surface area contributed by atoms with Crippen LogP contribution in [0.5, 0.6) is 0 Å². The summed E-state index contributed by atoms with van der Waals surface area (Å²) in [7, 11) is 0. The minimum Gasteiger partial charge on any atom is -0.396 e. The fourth-order valence-corrected chi connectivity index (χ4v) is 1.63. The number of thioether (sulfide) groups is 1. The summed E-state index contributed by atoms with van der Waals surface area (Å²) in [6.45, 7) is 6.36. The molecule has 13 heavy (non-hydrogen) atoms. The molecule has 1 N–H and O–H groups in total. The first kappa shape index (κ1) is 10.4. The molecule has 74 valence electrons. The maximum absolute atomic E-state index is 4.92. The van der Waals surface area contributed by atoms with Gasteiger partial charge in [-0.3, -0.25) is 4.99 Å². The third kappa shape index (κ3) is 4.17. The van der Waals surface area contributed by atoms with Crippen LogP contribution in [0.25, 0.3) is 0 Å². The van der Waals surface area contributed by atoms with E-state index in [4.69, 9.17) is 4.84 Å². The summed E-state index contributed by atoms with van der Waals surface area (Å²) in [4.78, 5) is 9.19. The van der Waals surface area contributed by atoms with Crippen molar-refractivity contribution >= 4 is 22.6 Å². The number of rotatable bonds is 4. The highest BCUT2D eigenvalue weighted by atomic mass is 32.2. The highest BCUT2D eigenvalue weighted by Gasteiger charge is 2.05. The van der Waals surface area contributed by atoms with Gasteiger partial charge in [-0.05, 0) is 13.8 Å². The molecule has 0 fully saturated rings. The van der Waals surface area contributed by atoms with Crippen LogP contribution in [0.15, 0.2) is 10.1 Å². The Morgan fingerprint density at radius 3 is 3.23 bits per heavy atom. The summed E-state index contributed by atoms with van der Waals surface area (Å²) in [6.07, 6.45) is 0. The van der Waals surface area contributed by atoms with Gasteiger partial charge in [0.25, 0.3) is 0 Å². The zero-order chi connectivity index (χ0) is 9.52. The van der Waals surface area contributed by atoms with Crippen molar-refractivity contribution in [1.82, 2.24) is 5.32 Å². The number of nitrogens with zero attached hydrogens (tertiary/aromatic N) is 2. The van der Waals surface area contributed by atoms with Crippen molar-refractivity contribution in [3.8, 4) is 0 Å². The van der Waals surface area contributed by atoms with Gasteiger partial charge in [0, 0.05) is 12.3 Å². The third-order valence-corrected chi connectivity index (χ3v) is 2.52. The molecule has 0 aliphatic carbocycles. The standard InChI is InChI=1S/C8H15N3OS/c1-3-12-11-7(2)6-13-8-9-4-5-10-8/h3-6H2,1-2H3,(H,9,10)/b11-7-. The van der Waals surface area contributed by atoms with E-state index in [0.717, 1.165) is 29.7 Å². The van der Waals surface area contributed by atoms with Crippen molar-refractivity contribution in [3.05, 3.63) is 0 Å². The average Bonchev–Trinajstić information content (AvgIpc) is 2.64. The smallest absolute Gasteiger partial charge is 0.157 e. The third-order valence-electron chi connectivity index (χ3n) is 1.41. The van der Waals surface area contributed by atoms with Crippen LogP contribution >= 0.6 is 11.8 Å². The van der Waals surface area contributed by atoms with Crippen LogP contribution in [0, 0.1) is 0 Å². The lowest BCUT2D eigenvalue weighted by Gasteiger charge is -2.01. The Balaban J connectivity index is 2.17. The van der Waals surface area contributed by atoms with E-state index in [0.29, 0.717) is 6.61 Å². The normalized spacial score (nSPS) is 16.8. The van der Waals surface area contributed by atoms with Crippen molar-refractivity contribution in [2.45, 2.75) is 13.8 Å². The Hall–Kier alpha value is -0.710. The molecule has 0 aromatic carbocycles. The van der Waals surface area contributed by atoms with Gasteiger partial charge in [0.2, 0.25) is 0 Å². The van der Waals surface area contributed by atoms with Crippen molar-refractivity contribution in [1.29, 1.82) is 0 Å². The van der Waals surface area contributed by atoms with Crippen molar-refractivity contribution in [2.24, 2.45) is 10.1 Å². The molecule has 0 atom stereocenters. The summed E-state index contributed by atoms with van der Waals surface area (Å²) in [6, 6.07) is 0. The molecular weight excluding hydrogens is 186 g/mol. The number of aliphatic imine (C=N–C) groups is 1. The lowest BCUT2D eigenvalue weighted by atomic mass is 10.5. The van der Waals surface area contributed by atoms with Gasteiger partial charge in [0.15, 0.2) is 5.17 Å². The largest absolute Gasteiger partial charge is 0.396 e. The molecule has 0 radical (unpaired) electrons. The maximum Gasteiger partial charge on any atom is 0.157 e. The Kier molecular flexibility index (Phi) is 4.67. The predicted molar refractivity (Wildman–Crippen MR) is 57.5 cm³/mol. The minimum atomic E-state index is 0.626. The van der Waals surface area contributed by atoms with E-state index >= 15 is 0 Å². The molecule has 0 saturated carbocycles. The zero-order valence-corrected chi connectivity index (χ0v) is 8.86. The molecule has 1 aliphatic heterocycles. The van der Waals surface area contributed by atoms with Crippen LogP contribution in [0.2, 0.25) is 0 Å². The molecule has 0 bridgehead atoms. The van der Waals surface area contributed by atoms with E-state index < -0.39 is 0 Å². The molecule has 0 unspecified atom stereocenters. The fraction of sp³-hybridized carbons (Fsp3) is 0.750. The highest BCUT2D eigenvalue weighted by Crippen LogP contribution is 2.05. The molecule has 4 nitrogen and oxygen atoms in total. The molecule has 0 saturated heterocycles. The number of amidine groups is 1. The number of oxime groups is 1. The van der Waals surface area contributed by atoms with Crippen molar-refractivity contribution in [2.75, 3.05) is 25.4 Å². The van der Waals surface area contributed by atoms with E-state index in [9.17, 15) is 0 Å². The van der Waals surface area contributed by atoms with Crippen molar-refractivity contribution in [3.63, 3.8) is 0 Å². The number of nitrogens with one attached hydrogen (secondary N) is 1. The van der Waals surface area contributed by atoms with Crippen LogP contribution in [0.1, 0.15) is 13.8 Å². The van der Waals surface area contributed by atoms with Crippen LogP contribution < -0.4 is 5.32 Å². The Labute approximate surface area is 82.8 Å². The molecule has 0 aromatic heterocycles. The van der Waals surface area contributed by atoms with Gasteiger partial charge in [0.1, 0.15) is 6.61 Å². The average molecular weight is 201 g/mol. The fourth-order valence-electron chi connectivity index (χ4n) is 0.847. The van der Waals surface area contributed by atoms with E-state index in [1.54, 1.807) is 11.8 Å². The monoisotopic (exact) mass is 201 g/mol. The second kappa shape index (κ2) is 5.85. The second-order valence-corrected chi connectivity index (χ2v) is 3.61. The van der Waals surface area contributed by atoms with Gasteiger partial charge in [0.05, 0.1) is 12.3 Å². The lowest BCUT2D eigenvalue weighted by Crippen LogP contribution is -2.16. The number of hydrogen-bond donors (Lipinski definition) is 1. The SMILES string of the molecule is CCO/N=C(/C)CSC1=NCCN1. The van der Waals surface area contributed by atoms with Gasteiger partial charge in [-0.2, -0.15) is 0 Å². The Bertz CT molecular complexity index is 215. The molecule has 5 heteroatoms. The summed E-state index contributed by atoms with van der Waals surface area (Å²) < 4.78 is 0. The quantitative estimate of drug-likeness (QED) is 0.547. The Morgan fingerprint density at radius 1 is 1.77 bits per heavy atom. The summed E-state index contributed by atoms with van der Waals surface area (Å²) in [5.41, 5.74) is 0.989. The first-order valence-corrected chi connectivity index (χ1v) is 5.38. The van der Waals surface area contributed by atoms with E-state index in [2.05, 4.69) is 15.5 Å². The zero-order valence-electron chi connectivity index (χ0n) is 8.04. The predicted octanol–water partition coefficient (Wildman–Crippen LogP) is 1.09. The summed E-state index contributed by atoms with van der Waals surface area (Å²) >= 11 is 1.67. The van der Waals surface area contributed by atoms with Crippen molar-refractivity contribution < 1.29 is 4.84 Å². The first-order valence-electron chi connectivity index (χ1n) is 4.39. The van der Waals surface area contributed by atoms with E-state index in [1.807, 2.05) is 13.8 Å². The molecule has 0 aromatic rings. The van der Waals surface area contributed by atoms with Crippen LogP contribution in [-0.2, 0) is 4.84 Å². The second-order valence-electron chi connectivity index (χ2n) is 2.65. The summed E-state index contributed by atoms with van der Waals surface area (Å²) in [5, 5.41) is 8.12. The van der Waals surface area contributed by atoms with Crippen LogP contribution in [0.3, 0.4) is 0 Å². The molecule has 1 aliphatic rings. The van der Waals surface area contributed by atoms with E-state index in [1.165, 1.54) is 0 Å². The van der Waals surface area contributed by atoms with Gasteiger partial charge < -0.3 is 10.2 Å². The molecule has 1 heterocycles. The van der Waals surface area contributed by atoms with Gasteiger partial charge in [-0.1, -0.05) is 16.9 Å². The minimum absolute atomic E-state index is 0.626. The first-order chi connectivity index (χ1) is 6.33. The summed E-state index contributed by atoms with van der Waals surface area (Å²) in [5.74, 6) is 0.839. The van der Waals surface area contributed by atoms with Gasteiger partial charge in [-0.15, -0.1) is 0 Å². The molecule has 0 spiro atoms. The van der Waals surface area contributed by atoms with E-state index in [-0.39, 0.29) is 0 Å².